The monoisotopic (exact) mass is 313 g/mol. The van der Waals surface area contributed by atoms with E-state index in [4.69, 9.17) is 16.3 Å². The van der Waals surface area contributed by atoms with Gasteiger partial charge in [-0.3, -0.25) is 9.48 Å². The number of hydrogen-bond acceptors (Lipinski definition) is 4. The van der Waals surface area contributed by atoms with Crippen molar-refractivity contribution >= 4 is 23.5 Å². The zero-order valence-electron chi connectivity index (χ0n) is 12.5. The zero-order valence-corrected chi connectivity index (χ0v) is 13.2. The maximum absolute atomic E-state index is 12.1. The molecule has 21 heavy (non-hydrogen) atoms. The van der Waals surface area contributed by atoms with Crippen LogP contribution >= 0.6 is 11.6 Å². The number of esters is 1. The minimum atomic E-state index is -0.613. The normalized spacial score (nSPS) is 14.3. The second kappa shape index (κ2) is 6.47. The maximum atomic E-state index is 12.1. The highest BCUT2D eigenvalue weighted by atomic mass is 35.5. The Labute approximate surface area is 128 Å². The first-order valence-corrected chi connectivity index (χ1v) is 7.45. The van der Waals surface area contributed by atoms with Crippen molar-refractivity contribution in [2.75, 3.05) is 6.61 Å². The quantitative estimate of drug-likeness (QED) is 0.815. The maximum Gasteiger partial charge on any atom is 0.343 e. The Morgan fingerprint density at radius 1 is 1.48 bits per heavy atom. The summed E-state index contributed by atoms with van der Waals surface area (Å²) in [5.41, 5.74) is 0.741. The number of amides is 1. The highest BCUT2D eigenvalue weighted by Crippen LogP contribution is 2.22. The third-order valence-electron chi connectivity index (χ3n) is 3.08. The number of ether oxygens (including phenoxy) is 1. The van der Waals surface area contributed by atoms with E-state index in [1.807, 2.05) is 13.8 Å². The van der Waals surface area contributed by atoms with E-state index in [0.29, 0.717) is 18.2 Å². The summed E-state index contributed by atoms with van der Waals surface area (Å²) in [5, 5.41) is 7.25. The average Bonchev–Trinajstić information content (AvgIpc) is 3.14. The topological polar surface area (TPSA) is 73.2 Å². The highest BCUT2D eigenvalue weighted by molar-refractivity contribution is 6.32. The summed E-state index contributed by atoms with van der Waals surface area (Å²) >= 11 is 6.18. The molecule has 116 valence electrons. The molecule has 0 atom stereocenters. The zero-order chi connectivity index (χ0) is 15.6. The number of halogens is 1. The van der Waals surface area contributed by atoms with Gasteiger partial charge in [0.05, 0.1) is 5.69 Å². The van der Waals surface area contributed by atoms with Crippen molar-refractivity contribution in [3.63, 3.8) is 0 Å². The summed E-state index contributed by atoms with van der Waals surface area (Å²) < 4.78 is 6.60. The van der Waals surface area contributed by atoms with Gasteiger partial charge in [-0.15, -0.1) is 0 Å². The van der Waals surface area contributed by atoms with Gasteiger partial charge in [0.1, 0.15) is 10.7 Å². The minimum Gasteiger partial charge on any atom is -0.452 e. The SMILES string of the molecule is Cc1nn(CC(C)C)c(Cl)c1C(=O)OCC(=O)NC1CC1. The van der Waals surface area contributed by atoms with E-state index in [9.17, 15) is 9.59 Å². The lowest BCUT2D eigenvalue weighted by Gasteiger charge is -2.07. The molecule has 6 nitrogen and oxygen atoms in total. The van der Waals surface area contributed by atoms with E-state index >= 15 is 0 Å². The molecule has 1 heterocycles. The first kappa shape index (κ1) is 15.8. The molecule has 1 fully saturated rings. The summed E-state index contributed by atoms with van der Waals surface area (Å²) in [6, 6.07) is 0.246. The van der Waals surface area contributed by atoms with Gasteiger partial charge in [0.25, 0.3) is 5.91 Å². The van der Waals surface area contributed by atoms with Crippen LogP contribution in [0.25, 0.3) is 0 Å². The Morgan fingerprint density at radius 2 is 2.14 bits per heavy atom. The second-order valence-electron chi connectivity index (χ2n) is 5.75. The fourth-order valence-corrected chi connectivity index (χ4v) is 2.27. The molecule has 0 bridgehead atoms. The van der Waals surface area contributed by atoms with Gasteiger partial charge >= 0.3 is 5.97 Å². The third kappa shape index (κ3) is 4.20. The van der Waals surface area contributed by atoms with Gasteiger partial charge in [-0.2, -0.15) is 5.10 Å². The van der Waals surface area contributed by atoms with Crippen LogP contribution in [0, 0.1) is 12.8 Å². The van der Waals surface area contributed by atoms with Crippen molar-refractivity contribution in [2.45, 2.75) is 46.2 Å². The molecule has 0 aliphatic heterocycles. The van der Waals surface area contributed by atoms with Crippen LogP contribution in [0.5, 0.6) is 0 Å². The van der Waals surface area contributed by atoms with Crippen LogP contribution < -0.4 is 5.32 Å². The Balaban J connectivity index is 1.97. The number of nitrogens with one attached hydrogen (secondary N) is 1. The standard InChI is InChI=1S/C14H20ClN3O3/c1-8(2)6-18-13(15)12(9(3)17-18)14(20)21-7-11(19)16-10-4-5-10/h8,10H,4-7H2,1-3H3,(H,16,19). The van der Waals surface area contributed by atoms with Crippen LogP contribution in [0.1, 0.15) is 42.7 Å². The van der Waals surface area contributed by atoms with E-state index in [1.165, 1.54) is 0 Å². The number of hydrogen-bond donors (Lipinski definition) is 1. The largest absolute Gasteiger partial charge is 0.452 e. The molecule has 1 saturated carbocycles. The lowest BCUT2D eigenvalue weighted by Crippen LogP contribution is -2.30. The van der Waals surface area contributed by atoms with Gasteiger partial charge in [-0.25, -0.2) is 4.79 Å². The average molecular weight is 314 g/mol. The van der Waals surface area contributed by atoms with Crippen LogP contribution in [0.2, 0.25) is 5.15 Å². The summed E-state index contributed by atoms with van der Waals surface area (Å²) in [5.74, 6) is -0.539. The lowest BCUT2D eigenvalue weighted by molar-refractivity contribution is -0.124. The molecule has 1 aromatic rings. The number of aromatic nitrogens is 2. The van der Waals surface area contributed by atoms with Crippen molar-refractivity contribution in [3.8, 4) is 0 Å². The molecule has 0 unspecified atom stereocenters. The smallest absolute Gasteiger partial charge is 0.343 e. The summed E-state index contributed by atoms with van der Waals surface area (Å²) in [6.45, 7) is 6.10. The third-order valence-corrected chi connectivity index (χ3v) is 3.47. The molecular formula is C14H20ClN3O3. The first-order valence-electron chi connectivity index (χ1n) is 7.08. The summed E-state index contributed by atoms with van der Waals surface area (Å²) in [6.07, 6.45) is 1.99. The summed E-state index contributed by atoms with van der Waals surface area (Å²) in [7, 11) is 0. The van der Waals surface area contributed by atoms with E-state index in [0.717, 1.165) is 12.8 Å². The van der Waals surface area contributed by atoms with Gasteiger partial charge < -0.3 is 10.1 Å². The van der Waals surface area contributed by atoms with Gasteiger partial charge in [0, 0.05) is 12.6 Å². The molecule has 2 rings (SSSR count). The number of carbonyl (C=O) groups excluding carboxylic acids is 2. The van der Waals surface area contributed by atoms with Gasteiger partial charge in [0.2, 0.25) is 0 Å². The van der Waals surface area contributed by atoms with Crippen molar-refractivity contribution in [2.24, 2.45) is 5.92 Å². The second-order valence-corrected chi connectivity index (χ2v) is 6.10. The van der Waals surface area contributed by atoms with Crippen molar-refractivity contribution in [1.29, 1.82) is 0 Å². The molecule has 1 N–H and O–H groups in total. The van der Waals surface area contributed by atoms with E-state index < -0.39 is 5.97 Å². The predicted molar refractivity (Wildman–Crippen MR) is 78.3 cm³/mol. The van der Waals surface area contributed by atoms with E-state index in [1.54, 1.807) is 11.6 Å². The molecule has 1 aromatic heterocycles. The molecular weight excluding hydrogens is 294 g/mol. The van der Waals surface area contributed by atoms with E-state index in [2.05, 4.69) is 10.4 Å². The Bertz CT molecular complexity index is 550. The predicted octanol–water partition coefficient (Wildman–Crippen LogP) is 1.94. The molecule has 1 aliphatic rings. The molecule has 0 saturated heterocycles. The fraction of sp³-hybridized carbons (Fsp3) is 0.643. The van der Waals surface area contributed by atoms with Crippen LogP contribution in [0.3, 0.4) is 0 Å². The van der Waals surface area contributed by atoms with E-state index in [-0.39, 0.29) is 29.3 Å². The summed E-state index contributed by atoms with van der Waals surface area (Å²) in [4.78, 5) is 23.6. The fourth-order valence-electron chi connectivity index (χ4n) is 1.95. The first-order chi connectivity index (χ1) is 9.88. The number of nitrogens with zero attached hydrogens (tertiary/aromatic N) is 2. The molecule has 0 radical (unpaired) electrons. The highest BCUT2D eigenvalue weighted by Gasteiger charge is 2.25. The molecule has 1 amide bonds. The molecule has 7 heteroatoms. The van der Waals surface area contributed by atoms with Crippen molar-refractivity contribution < 1.29 is 14.3 Å². The molecule has 1 aliphatic carbocycles. The number of carbonyl (C=O) groups is 2. The Morgan fingerprint density at radius 3 is 2.71 bits per heavy atom. The van der Waals surface area contributed by atoms with Gasteiger partial charge in [0.15, 0.2) is 6.61 Å². The van der Waals surface area contributed by atoms with Crippen LogP contribution in [-0.2, 0) is 16.1 Å². The van der Waals surface area contributed by atoms with Gasteiger partial charge in [-0.05, 0) is 25.7 Å². The number of rotatable bonds is 6. The van der Waals surface area contributed by atoms with Crippen LogP contribution in [0.4, 0.5) is 0 Å². The van der Waals surface area contributed by atoms with Crippen molar-refractivity contribution in [3.05, 3.63) is 16.4 Å². The number of aryl methyl sites for hydroxylation is 1. The minimum absolute atomic E-state index is 0.233. The Hall–Kier alpha value is -1.56. The van der Waals surface area contributed by atoms with Crippen LogP contribution in [0.15, 0.2) is 0 Å². The van der Waals surface area contributed by atoms with Crippen LogP contribution in [-0.4, -0.2) is 34.3 Å². The molecule has 0 aromatic carbocycles. The Kier molecular flexibility index (Phi) is 4.88. The molecule has 0 spiro atoms. The van der Waals surface area contributed by atoms with Gasteiger partial charge in [-0.1, -0.05) is 25.4 Å². The van der Waals surface area contributed by atoms with Crippen molar-refractivity contribution in [1.82, 2.24) is 15.1 Å². The lowest BCUT2D eigenvalue weighted by atomic mass is 10.2.